The van der Waals surface area contributed by atoms with Gasteiger partial charge in [0.1, 0.15) is 6.33 Å². The summed E-state index contributed by atoms with van der Waals surface area (Å²) >= 11 is 1.25. The van der Waals surface area contributed by atoms with Crippen molar-refractivity contribution in [3.63, 3.8) is 0 Å². The van der Waals surface area contributed by atoms with E-state index >= 15 is 0 Å². The fourth-order valence-electron chi connectivity index (χ4n) is 2.29. The van der Waals surface area contributed by atoms with Crippen molar-refractivity contribution in [2.75, 3.05) is 4.72 Å². The minimum absolute atomic E-state index is 0.143. The Morgan fingerprint density at radius 3 is 2.63 bits per heavy atom. The number of nitrogens with zero attached hydrogens (tertiary/aromatic N) is 4. The van der Waals surface area contributed by atoms with Crippen LogP contribution in [0, 0.1) is 17.0 Å². The molecule has 0 radical (unpaired) electrons. The molecule has 0 aliphatic carbocycles. The molecule has 2 aromatic carbocycles. The average molecular weight is 405 g/mol. The van der Waals surface area contributed by atoms with Crippen LogP contribution in [0.4, 0.5) is 11.4 Å². The number of aromatic nitrogens is 3. The number of sulfonamides is 1. The van der Waals surface area contributed by atoms with E-state index in [0.29, 0.717) is 21.3 Å². The Morgan fingerprint density at radius 2 is 1.96 bits per heavy atom. The summed E-state index contributed by atoms with van der Waals surface area (Å²) in [6, 6.07) is 10.6. The van der Waals surface area contributed by atoms with Gasteiger partial charge >= 0.3 is 0 Å². The van der Waals surface area contributed by atoms with Gasteiger partial charge in [0.15, 0.2) is 5.16 Å². The Bertz CT molecular complexity index is 1110. The fraction of sp³-hybridized carbons (Fsp3) is 0.125. The van der Waals surface area contributed by atoms with Crippen molar-refractivity contribution < 1.29 is 13.3 Å². The molecule has 140 valence electrons. The van der Waals surface area contributed by atoms with Gasteiger partial charge in [0.05, 0.1) is 15.5 Å². The zero-order valence-electron chi connectivity index (χ0n) is 14.4. The number of anilines is 1. The molecular weight excluding hydrogens is 390 g/mol. The summed E-state index contributed by atoms with van der Waals surface area (Å²) in [6.45, 7) is 1.58. The van der Waals surface area contributed by atoms with Gasteiger partial charge in [0.2, 0.25) is 0 Å². The maximum absolute atomic E-state index is 12.8. The number of rotatable bonds is 6. The second kappa shape index (κ2) is 7.37. The van der Waals surface area contributed by atoms with Gasteiger partial charge in [0.25, 0.3) is 15.7 Å². The van der Waals surface area contributed by atoms with Crippen molar-refractivity contribution in [3.05, 3.63) is 64.5 Å². The van der Waals surface area contributed by atoms with Crippen LogP contribution in [0.25, 0.3) is 0 Å². The highest BCUT2D eigenvalue weighted by Gasteiger charge is 2.22. The maximum Gasteiger partial charge on any atom is 0.270 e. The highest BCUT2D eigenvalue weighted by atomic mass is 32.2. The molecule has 0 unspecified atom stereocenters. The van der Waals surface area contributed by atoms with Crippen LogP contribution in [0.1, 0.15) is 5.56 Å². The number of nitro benzene ring substituents is 1. The smallest absolute Gasteiger partial charge is 0.270 e. The number of non-ortho nitro benzene ring substituents is 1. The average Bonchev–Trinajstić information content (AvgIpc) is 3.01. The lowest BCUT2D eigenvalue weighted by Gasteiger charge is -2.13. The Morgan fingerprint density at radius 1 is 1.22 bits per heavy atom. The van der Waals surface area contributed by atoms with E-state index < -0.39 is 14.9 Å². The number of aryl methyl sites for hydroxylation is 2. The van der Waals surface area contributed by atoms with Gasteiger partial charge in [-0.1, -0.05) is 18.2 Å². The highest BCUT2D eigenvalue weighted by Crippen LogP contribution is 2.33. The van der Waals surface area contributed by atoms with E-state index in [2.05, 4.69) is 14.9 Å². The molecule has 0 spiro atoms. The number of hydrogen-bond donors (Lipinski definition) is 1. The summed E-state index contributed by atoms with van der Waals surface area (Å²) in [5.41, 5.74) is 0.464. The van der Waals surface area contributed by atoms with Crippen molar-refractivity contribution in [3.8, 4) is 0 Å². The molecule has 9 nitrogen and oxygen atoms in total. The minimum atomic E-state index is -4.02. The number of benzene rings is 2. The van der Waals surface area contributed by atoms with Crippen molar-refractivity contribution in [1.29, 1.82) is 0 Å². The Labute approximate surface area is 159 Å². The molecule has 0 aliphatic heterocycles. The summed E-state index contributed by atoms with van der Waals surface area (Å²) in [7, 11) is -2.24. The predicted molar refractivity (Wildman–Crippen MR) is 100 cm³/mol. The van der Waals surface area contributed by atoms with Crippen LogP contribution in [0.3, 0.4) is 0 Å². The molecule has 0 bridgehead atoms. The Balaban J connectivity index is 1.97. The van der Waals surface area contributed by atoms with Crippen LogP contribution in [0.15, 0.2) is 63.7 Å². The Kier molecular flexibility index (Phi) is 5.15. The number of hydrogen-bond acceptors (Lipinski definition) is 7. The molecule has 3 aromatic rings. The molecule has 1 aromatic heterocycles. The number of nitrogens with one attached hydrogen (secondary N) is 1. The van der Waals surface area contributed by atoms with Crippen LogP contribution < -0.4 is 4.72 Å². The van der Waals surface area contributed by atoms with Gasteiger partial charge in [-0.15, -0.1) is 10.2 Å². The molecule has 0 fully saturated rings. The van der Waals surface area contributed by atoms with Crippen LogP contribution in [0.5, 0.6) is 0 Å². The lowest BCUT2D eigenvalue weighted by atomic mass is 10.2. The molecule has 0 saturated carbocycles. The normalized spacial score (nSPS) is 11.3. The monoisotopic (exact) mass is 405 g/mol. The SMILES string of the molecule is Cc1ccc([N+](=O)[O-])cc1S(=O)(=O)Nc1ccccc1Sc1nncn1C. The van der Waals surface area contributed by atoms with Crippen molar-refractivity contribution in [2.45, 2.75) is 21.9 Å². The van der Waals surface area contributed by atoms with Gasteiger partial charge in [-0.25, -0.2) is 8.42 Å². The van der Waals surface area contributed by atoms with Crippen LogP contribution in [0.2, 0.25) is 0 Å². The van der Waals surface area contributed by atoms with Gasteiger partial charge in [-0.3, -0.25) is 14.8 Å². The van der Waals surface area contributed by atoms with E-state index in [1.54, 1.807) is 49.1 Å². The Hall–Kier alpha value is -2.92. The summed E-state index contributed by atoms with van der Waals surface area (Å²) in [5, 5.41) is 19.3. The number of nitro groups is 1. The molecule has 0 saturated heterocycles. The summed E-state index contributed by atoms with van der Waals surface area (Å²) in [5.74, 6) is 0. The molecule has 0 amide bonds. The molecule has 1 N–H and O–H groups in total. The molecule has 1 heterocycles. The zero-order chi connectivity index (χ0) is 19.6. The zero-order valence-corrected chi connectivity index (χ0v) is 16.0. The first-order chi connectivity index (χ1) is 12.8. The lowest BCUT2D eigenvalue weighted by Crippen LogP contribution is -2.15. The van der Waals surface area contributed by atoms with E-state index in [-0.39, 0.29) is 10.6 Å². The molecule has 3 rings (SSSR count). The third-order valence-corrected chi connectivity index (χ3v) is 6.31. The summed E-state index contributed by atoms with van der Waals surface area (Å²) < 4.78 is 29.9. The fourth-order valence-corrected chi connectivity index (χ4v) is 4.56. The quantitative estimate of drug-likeness (QED) is 0.494. The summed E-state index contributed by atoms with van der Waals surface area (Å²) in [4.78, 5) is 10.8. The topological polar surface area (TPSA) is 120 Å². The molecule has 27 heavy (non-hydrogen) atoms. The van der Waals surface area contributed by atoms with Crippen molar-refractivity contribution >= 4 is 33.2 Å². The first-order valence-corrected chi connectivity index (χ1v) is 9.96. The first-order valence-electron chi connectivity index (χ1n) is 7.66. The molecule has 0 aliphatic rings. The van der Waals surface area contributed by atoms with E-state index in [1.807, 2.05) is 0 Å². The van der Waals surface area contributed by atoms with E-state index in [0.717, 1.165) is 6.07 Å². The third-order valence-electron chi connectivity index (χ3n) is 3.67. The van der Waals surface area contributed by atoms with Gasteiger partial charge in [-0.05, 0) is 36.4 Å². The predicted octanol–water partition coefficient (Wildman–Crippen LogP) is 2.98. The molecular formula is C16H15N5O4S2. The van der Waals surface area contributed by atoms with Crippen LogP contribution in [-0.2, 0) is 17.1 Å². The second-order valence-electron chi connectivity index (χ2n) is 5.64. The van der Waals surface area contributed by atoms with Crippen LogP contribution >= 0.6 is 11.8 Å². The second-order valence-corrected chi connectivity index (χ2v) is 8.29. The maximum atomic E-state index is 12.8. The van der Waals surface area contributed by atoms with Crippen molar-refractivity contribution in [1.82, 2.24) is 14.8 Å². The third kappa shape index (κ3) is 4.09. The highest BCUT2D eigenvalue weighted by molar-refractivity contribution is 7.99. The van der Waals surface area contributed by atoms with E-state index in [9.17, 15) is 18.5 Å². The largest absolute Gasteiger partial charge is 0.311 e. The molecule has 11 heteroatoms. The first kappa shape index (κ1) is 18.9. The van der Waals surface area contributed by atoms with E-state index in [1.165, 1.54) is 23.9 Å². The van der Waals surface area contributed by atoms with Crippen molar-refractivity contribution in [2.24, 2.45) is 7.05 Å². The van der Waals surface area contributed by atoms with Gasteiger partial charge in [-0.2, -0.15) is 0 Å². The molecule has 0 atom stereocenters. The van der Waals surface area contributed by atoms with Gasteiger partial charge < -0.3 is 4.57 Å². The standard InChI is InChI=1S/C16H15N5O4S2/c1-11-7-8-12(21(22)23)9-15(11)27(24,25)19-13-5-3-4-6-14(13)26-16-18-17-10-20(16)2/h3-10,19H,1-2H3. The van der Waals surface area contributed by atoms with Gasteiger partial charge in [0, 0.05) is 24.1 Å². The number of para-hydroxylation sites is 1. The van der Waals surface area contributed by atoms with Crippen LogP contribution in [-0.4, -0.2) is 28.1 Å². The summed E-state index contributed by atoms with van der Waals surface area (Å²) in [6.07, 6.45) is 1.54. The minimum Gasteiger partial charge on any atom is -0.311 e. The lowest BCUT2D eigenvalue weighted by molar-refractivity contribution is -0.385. The van der Waals surface area contributed by atoms with E-state index in [4.69, 9.17) is 0 Å².